The van der Waals surface area contributed by atoms with Crippen molar-refractivity contribution < 1.29 is 19.0 Å². The van der Waals surface area contributed by atoms with E-state index in [1.807, 2.05) is 0 Å². The van der Waals surface area contributed by atoms with Crippen LogP contribution in [0.15, 0.2) is 39.5 Å². The lowest BCUT2D eigenvalue weighted by Crippen LogP contribution is -2.18. The number of hydrogen-bond acceptors (Lipinski definition) is 8. The Kier molecular flexibility index (Phi) is 6.27. The normalized spacial score (nSPS) is 10.9. The maximum absolute atomic E-state index is 12.2. The molecule has 162 valence electrons. The lowest BCUT2D eigenvalue weighted by Gasteiger charge is -2.06. The molecule has 0 aliphatic carbocycles. The fraction of sp³-hybridized carbons (Fsp3) is 0.143. The van der Waals surface area contributed by atoms with E-state index in [9.17, 15) is 30.3 Å². The molecule has 0 aliphatic heterocycles. The zero-order chi connectivity index (χ0) is 23.4. The Morgan fingerprint density at radius 2 is 1.94 bits per heavy atom. The molecule has 3 rings (SSSR count). The van der Waals surface area contributed by atoms with Gasteiger partial charge in [0.1, 0.15) is 28.8 Å². The number of pyridine rings is 1. The number of benzene rings is 1. The van der Waals surface area contributed by atoms with Crippen LogP contribution in [0.2, 0.25) is 0 Å². The predicted molar refractivity (Wildman–Crippen MR) is 114 cm³/mol. The summed E-state index contributed by atoms with van der Waals surface area (Å²) in [5.74, 6) is 0.769. The Morgan fingerprint density at radius 1 is 1.19 bits per heavy atom. The topological polar surface area (TPSA) is 165 Å². The van der Waals surface area contributed by atoms with Crippen LogP contribution in [-0.4, -0.2) is 21.9 Å². The number of rotatable bonds is 7. The summed E-state index contributed by atoms with van der Waals surface area (Å²) in [5, 5.41) is 31.7. The highest BCUT2D eigenvalue weighted by Crippen LogP contribution is 2.30. The van der Waals surface area contributed by atoms with Crippen molar-refractivity contribution in [1.29, 1.82) is 5.26 Å². The van der Waals surface area contributed by atoms with E-state index in [1.165, 1.54) is 31.4 Å². The number of furan rings is 1. The number of non-ortho nitro benzene ring substituents is 1. The number of nitriles is 1. The van der Waals surface area contributed by atoms with Crippen LogP contribution in [0.3, 0.4) is 0 Å². The first kappa shape index (κ1) is 22.1. The number of nitrogens with one attached hydrogen (secondary N) is 1. The van der Waals surface area contributed by atoms with Crippen molar-refractivity contribution in [3.63, 3.8) is 0 Å². The van der Waals surface area contributed by atoms with Gasteiger partial charge in [-0.15, -0.1) is 0 Å². The van der Waals surface area contributed by atoms with E-state index in [-0.39, 0.29) is 29.1 Å². The molecular formula is C21H16N4O7. The van der Waals surface area contributed by atoms with Crippen molar-refractivity contribution in [2.75, 3.05) is 7.11 Å². The molecule has 0 spiro atoms. The van der Waals surface area contributed by atoms with E-state index in [0.29, 0.717) is 22.6 Å². The molecule has 1 N–H and O–H groups in total. The summed E-state index contributed by atoms with van der Waals surface area (Å²) < 4.78 is 10.7. The Morgan fingerprint density at radius 3 is 2.53 bits per heavy atom. The molecule has 32 heavy (non-hydrogen) atoms. The summed E-state index contributed by atoms with van der Waals surface area (Å²) in [7, 11) is 1.30. The monoisotopic (exact) mass is 436 g/mol. The largest absolute Gasteiger partial charge is 0.457 e. The smallest absolute Gasteiger partial charge is 0.299 e. The average molecular weight is 436 g/mol. The van der Waals surface area contributed by atoms with Crippen molar-refractivity contribution in [2.24, 2.45) is 0 Å². The van der Waals surface area contributed by atoms with E-state index in [0.717, 1.165) is 0 Å². The van der Waals surface area contributed by atoms with Gasteiger partial charge in [0.15, 0.2) is 0 Å². The maximum Gasteiger partial charge on any atom is 0.299 e. The molecule has 11 nitrogen and oxygen atoms in total. The molecule has 11 heteroatoms. The van der Waals surface area contributed by atoms with Crippen LogP contribution < -0.4 is 5.56 Å². The highest BCUT2D eigenvalue weighted by molar-refractivity contribution is 5.74. The number of nitro benzene ring substituents is 1. The Labute approximate surface area is 180 Å². The Balaban J connectivity index is 2.00. The molecule has 0 saturated carbocycles. The average Bonchev–Trinajstić information content (AvgIpc) is 3.20. The summed E-state index contributed by atoms with van der Waals surface area (Å²) >= 11 is 0. The van der Waals surface area contributed by atoms with Gasteiger partial charge in [-0.3, -0.25) is 25.0 Å². The number of aryl methyl sites for hydroxylation is 1. The van der Waals surface area contributed by atoms with Crippen molar-refractivity contribution in [1.82, 2.24) is 4.98 Å². The minimum atomic E-state index is -0.772. The summed E-state index contributed by atoms with van der Waals surface area (Å²) in [6.45, 7) is 1.43. The Bertz CT molecular complexity index is 1350. The fourth-order valence-corrected chi connectivity index (χ4v) is 3.18. The van der Waals surface area contributed by atoms with E-state index < -0.39 is 21.1 Å². The number of methoxy groups -OCH3 is 1. The first-order valence-electron chi connectivity index (χ1n) is 9.12. The van der Waals surface area contributed by atoms with Crippen LogP contribution in [0.1, 0.15) is 28.1 Å². The van der Waals surface area contributed by atoms with Gasteiger partial charge in [0.25, 0.3) is 16.9 Å². The van der Waals surface area contributed by atoms with Gasteiger partial charge in [0.2, 0.25) is 0 Å². The molecule has 0 saturated heterocycles. The zero-order valence-electron chi connectivity index (χ0n) is 16.9. The van der Waals surface area contributed by atoms with Gasteiger partial charge in [-0.05, 0) is 42.8 Å². The van der Waals surface area contributed by atoms with Crippen molar-refractivity contribution in [3.8, 4) is 17.4 Å². The molecule has 2 aromatic heterocycles. The van der Waals surface area contributed by atoms with Crippen LogP contribution in [0.4, 0.5) is 11.4 Å². The SMILES string of the molecule is COCc1c([N+](=O)[O-])c(C=Cc2ccc(-c3ccc([N+](=O)[O-])cc3C)o2)[nH]c(=O)c1C#N. The zero-order valence-corrected chi connectivity index (χ0v) is 16.9. The van der Waals surface area contributed by atoms with E-state index in [1.54, 1.807) is 31.2 Å². The van der Waals surface area contributed by atoms with Crippen molar-refractivity contribution in [2.45, 2.75) is 13.5 Å². The number of hydrogen-bond donors (Lipinski definition) is 1. The molecule has 0 radical (unpaired) electrons. The molecule has 0 aliphatic rings. The van der Waals surface area contributed by atoms with Gasteiger partial charge in [-0.2, -0.15) is 5.26 Å². The van der Waals surface area contributed by atoms with E-state index in [4.69, 9.17) is 9.15 Å². The Hall–Kier alpha value is -4.56. The lowest BCUT2D eigenvalue weighted by atomic mass is 10.1. The summed E-state index contributed by atoms with van der Waals surface area (Å²) in [5.41, 5.74) is -0.591. The maximum atomic E-state index is 12.2. The first-order chi connectivity index (χ1) is 15.3. The number of aromatic nitrogens is 1. The lowest BCUT2D eigenvalue weighted by molar-refractivity contribution is -0.386. The fourth-order valence-electron chi connectivity index (χ4n) is 3.18. The van der Waals surface area contributed by atoms with Gasteiger partial charge >= 0.3 is 0 Å². The quantitative estimate of drug-likeness (QED) is 0.429. The van der Waals surface area contributed by atoms with Gasteiger partial charge in [0, 0.05) is 24.8 Å². The van der Waals surface area contributed by atoms with Gasteiger partial charge < -0.3 is 14.1 Å². The summed E-state index contributed by atoms with van der Waals surface area (Å²) in [6, 6.07) is 9.29. The number of aromatic amines is 1. The standard InChI is InChI=1S/C21H16N4O7/c1-12-9-13(24(27)28)3-6-15(12)19-8-5-14(32-19)4-7-18-20(25(29)30)17(11-31-2)16(10-22)21(26)23-18/h3-9H,11H2,1-2H3,(H,23,26). The highest BCUT2D eigenvalue weighted by atomic mass is 16.6. The molecular weight excluding hydrogens is 420 g/mol. The van der Waals surface area contributed by atoms with Crippen LogP contribution in [0.5, 0.6) is 0 Å². The van der Waals surface area contributed by atoms with Gasteiger partial charge in [0.05, 0.1) is 22.0 Å². The number of ether oxygens (including phenoxy) is 1. The molecule has 0 fully saturated rings. The van der Waals surface area contributed by atoms with Crippen molar-refractivity contribution in [3.05, 3.63) is 89.1 Å². The minimum Gasteiger partial charge on any atom is -0.457 e. The third-order valence-electron chi connectivity index (χ3n) is 4.63. The second kappa shape index (κ2) is 9.07. The predicted octanol–water partition coefficient (Wildman–Crippen LogP) is 3.95. The molecule has 0 bridgehead atoms. The number of H-pyrrole nitrogens is 1. The molecule has 0 unspecified atom stereocenters. The molecule has 3 aromatic rings. The van der Waals surface area contributed by atoms with Gasteiger partial charge in [-0.1, -0.05) is 0 Å². The highest BCUT2D eigenvalue weighted by Gasteiger charge is 2.25. The van der Waals surface area contributed by atoms with Crippen molar-refractivity contribution >= 4 is 23.5 Å². The third kappa shape index (κ3) is 4.30. The minimum absolute atomic E-state index is 0.0399. The van der Waals surface area contributed by atoms with E-state index >= 15 is 0 Å². The molecule has 2 heterocycles. The van der Waals surface area contributed by atoms with Crippen LogP contribution >= 0.6 is 0 Å². The summed E-state index contributed by atoms with van der Waals surface area (Å²) in [4.78, 5) is 35.9. The molecule has 0 atom stereocenters. The van der Waals surface area contributed by atoms with Crippen LogP contribution in [0, 0.1) is 38.5 Å². The second-order valence-corrected chi connectivity index (χ2v) is 6.66. The number of nitrogens with zero attached hydrogens (tertiary/aromatic N) is 3. The first-order valence-corrected chi connectivity index (χ1v) is 9.12. The van der Waals surface area contributed by atoms with E-state index in [2.05, 4.69) is 4.98 Å². The summed E-state index contributed by atoms with van der Waals surface area (Å²) in [6.07, 6.45) is 2.72. The molecule has 0 amide bonds. The van der Waals surface area contributed by atoms with Crippen LogP contribution in [0.25, 0.3) is 23.5 Å². The van der Waals surface area contributed by atoms with Gasteiger partial charge in [-0.25, -0.2) is 0 Å². The molecule has 1 aromatic carbocycles. The second-order valence-electron chi connectivity index (χ2n) is 6.66. The van der Waals surface area contributed by atoms with Crippen LogP contribution in [-0.2, 0) is 11.3 Å². The number of nitro groups is 2. The third-order valence-corrected chi connectivity index (χ3v) is 4.63.